The predicted octanol–water partition coefficient (Wildman–Crippen LogP) is 1.58. The number of aliphatic hydroxyl groups is 3. The summed E-state index contributed by atoms with van der Waals surface area (Å²) in [4.78, 5) is 11.4. The lowest BCUT2D eigenvalue weighted by Gasteiger charge is -2.38. The molecule has 5 unspecified atom stereocenters. The topological polar surface area (TPSA) is 152 Å². The number of ether oxygens (including phenoxy) is 3. The fourth-order valence-corrected chi connectivity index (χ4v) is 4.59. The van der Waals surface area contributed by atoms with Crippen LogP contribution in [-0.4, -0.2) is 69.8 Å². The molecule has 178 valence electrons. The van der Waals surface area contributed by atoms with Gasteiger partial charge in [0.05, 0.1) is 10.0 Å². The lowest BCUT2D eigenvalue weighted by molar-refractivity contribution is -0.271. The second-order valence-electron chi connectivity index (χ2n) is 7.90. The van der Waals surface area contributed by atoms with E-state index in [0.29, 0.717) is 28.4 Å². The van der Waals surface area contributed by atoms with Crippen LogP contribution in [0.5, 0.6) is 11.5 Å². The van der Waals surface area contributed by atoms with Crippen molar-refractivity contribution in [3.63, 3.8) is 0 Å². The Morgan fingerprint density at radius 1 is 1.12 bits per heavy atom. The molecule has 33 heavy (non-hydrogen) atoms. The molecule has 0 bridgehead atoms. The number of benzene rings is 2. The molecular formula is C22H23Cl2NO8. The number of fused-ring (bicyclic) bond motifs is 1. The number of aliphatic hydroxyl groups excluding tert-OH is 3. The van der Waals surface area contributed by atoms with Crippen molar-refractivity contribution in [2.75, 3.05) is 6.54 Å². The summed E-state index contributed by atoms with van der Waals surface area (Å²) in [5.74, 6) is -0.886. The molecule has 2 aromatic rings. The Morgan fingerprint density at radius 2 is 1.88 bits per heavy atom. The largest absolute Gasteiger partial charge is 0.488 e. The highest BCUT2D eigenvalue weighted by atomic mass is 35.5. The van der Waals surface area contributed by atoms with Crippen molar-refractivity contribution in [1.29, 1.82) is 0 Å². The van der Waals surface area contributed by atoms with Gasteiger partial charge < -0.3 is 40.4 Å². The Balaban J connectivity index is 1.70. The number of aliphatic carboxylic acids is 1. The molecule has 2 heterocycles. The number of hydrogen-bond acceptors (Lipinski definition) is 8. The minimum absolute atomic E-state index is 0.0247. The summed E-state index contributed by atoms with van der Waals surface area (Å²) in [5.41, 5.74) is 7.79. The maximum Gasteiger partial charge on any atom is 0.335 e. The molecule has 9 nitrogen and oxygen atoms in total. The van der Waals surface area contributed by atoms with Crippen molar-refractivity contribution in [2.24, 2.45) is 5.73 Å². The summed E-state index contributed by atoms with van der Waals surface area (Å²) >= 11 is 13.1. The van der Waals surface area contributed by atoms with Crippen LogP contribution in [0.1, 0.15) is 12.0 Å². The van der Waals surface area contributed by atoms with Crippen molar-refractivity contribution < 1.29 is 39.4 Å². The minimum atomic E-state index is -1.84. The number of carboxylic acid groups (broad SMARTS) is 1. The summed E-state index contributed by atoms with van der Waals surface area (Å²) in [6, 6.07) is 8.54. The molecule has 0 radical (unpaired) electrons. The first kappa shape index (κ1) is 24.0. The monoisotopic (exact) mass is 499 g/mol. The minimum Gasteiger partial charge on any atom is -0.488 e. The standard InChI is InChI=1S/C22H23Cl2NO8/c23-12-6-7-13(32-22-18(28)16(26)17(27)20(33-22)21(29)30)15(24)14(12)11-3-1-2-9-4-5-10(8-25)31-19(9)11/h1-3,6-7,10,16-18,20,22,26-28H,4-5,8,25H2,(H,29,30)/t10-,16?,17?,18?,20?,22?/m1/s1. The molecule has 2 aliphatic heterocycles. The summed E-state index contributed by atoms with van der Waals surface area (Å²) in [6.07, 6.45) is -7.38. The average Bonchev–Trinajstić information content (AvgIpc) is 2.80. The maximum atomic E-state index is 11.4. The molecule has 1 fully saturated rings. The van der Waals surface area contributed by atoms with Crippen LogP contribution in [0.25, 0.3) is 11.1 Å². The van der Waals surface area contributed by atoms with E-state index in [-0.39, 0.29) is 16.9 Å². The van der Waals surface area contributed by atoms with E-state index in [9.17, 15) is 25.2 Å². The van der Waals surface area contributed by atoms with Gasteiger partial charge in [-0.25, -0.2) is 4.79 Å². The third-order valence-electron chi connectivity index (χ3n) is 5.76. The van der Waals surface area contributed by atoms with Crippen LogP contribution in [0.3, 0.4) is 0 Å². The van der Waals surface area contributed by atoms with Gasteiger partial charge in [-0.05, 0) is 30.5 Å². The van der Waals surface area contributed by atoms with Crippen molar-refractivity contribution in [3.05, 3.63) is 45.9 Å². The van der Waals surface area contributed by atoms with Gasteiger partial charge in [-0.2, -0.15) is 0 Å². The fraction of sp³-hybridized carbons (Fsp3) is 0.409. The van der Waals surface area contributed by atoms with Crippen molar-refractivity contribution in [3.8, 4) is 22.6 Å². The molecule has 0 amide bonds. The van der Waals surface area contributed by atoms with Gasteiger partial charge in [0.25, 0.3) is 0 Å². The summed E-state index contributed by atoms with van der Waals surface area (Å²) in [6.45, 7) is 0.355. The molecule has 0 aliphatic carbocycles. The zero-order valence-corrected chi connectivity index (χ0v) is 18.7. The molecule has 0 saturated carbocycles. The normalized spacial score (nSPS) is 29.2. The van der Waals surface area contributed by atoms with Gasteiger partial charge in [-0.3, -0.25) is 0 Å². The third-order valence-corrected chi connectivity index (χ3v) is 6.45. The maximum absolute atomic E-state index is 11.4. The van der Waals surface area contributed by atoms with Gasteiger partial charge in [-0.1, -0.05) is 41.4 Å². The highest BCUT2D eigenvalue weighted by Crippen LogP contribution is 2.47. The van der Waals surface area contributed by atoms with E-state index >= 15 is 0 Å². The number of carbonyl (C=O) groups is 1. The number of hydrogen-bond donors (Lipinski definition) is 5. The Bertz CT molecular complexity index is 1050. The van der Waals surface area contributed by atoms with E-state index in [1.165, 1.54) is 12.1 Å². The van der Waals surface area contributed by atoms with Crippen LogP contribution < -0.4 is 15.2 Å². The number of rotatable bonds is 5. The van der Waals surface area contributed by atoms with Crippen molar-refractivity contribution >= 4 is 29.2 Å². The molecule has 4 rings (SSSR count). The highest BCUT2D eigenvalue weighted by Gasteiger charge is 2.48. The van der Waals surface area contributed by atoms with Crippen molar-refractivity contribution in [1.82, 2.24) is 0 Å². The molecule has 1 saturated heterocycles. The van der Waals surface area contributed by atoms with E-state index in [1.807, 2.05) is 12.1 Å². The Hall–Kier alpha value is -2.11. The SMILES string of the molecule is NC[C@H]1CCc2cccc(-c3c(Cl)ccc(OC4OC(C(=O)O)C(O)C(O)C4O)c3Cl)c2O1. The number of para-hydroxylation sites is 1. The molecule has 2 aromatic carbocycles. The zero-order valence-electron chi connectivity index (χ0n) is 17.2. The Morgan fingerprint density at radius 3 is 2.58 bits per heavy atom. The number of halogens is 2. The van der Waals surface area contributed by atoms with E-state index in [4.69, 9.17) is 43.1 Å². The third kappa shape index (κ3) is 4.50. The van der Waals surface area contributed by atoms with Crippen LogP contribution in [0.15, 0.2) is 30.3 Å². The molecule has 0 aromatic heterocycles. The van der Waals surface area contributed by atoms with Gasteiger partial charge >= 0.3 is 5.97 Å². The highest BCUT2D eigenvalue weighted by molar-refractivity contribution is 6.40. The molecule has 6 N–H and O–H groups in total. The summed E-state index contributed by atoms with van der Waals surface area (Å²) in [5, 5.41) is 39.8. The van der Waals surface area contributed by atoms with Crippen LogP contribution in [0, 0.1) is 0 Å². The summed E-state index contributed by atoms with van der Waals surface area (Å²) < 4.78 is 16.9. The lowest BCUT2D eigenvalue weighted by Crippen LogP contribution is -2.61. The Labute approximate surface area is 199 Å². The first-order valence-corrected chi connectivity index (χ1v) is 11.0. The molecule has 6 atom stereocenters. The Kier molecular flexibility index (Phi) is 7.01. The van der Waals surface area contributed by atoms with Crippen molar-refractivity contribution in [2.45, 2.75) is 49.7 Å². The zero-order chi connectivity index (χ0) is 23.9. The molecule has 2 aliphatic rings. The average molecular weight is 500 g/mol. The van der Waals surface area contributed by atoms with Gasteiger partial charge in [-0.15, -0.1) is 0 Å². The quantitative estimate of drug-likeness (QED) is 0.412. The predicted molar refractivity (Wildman–Crippen MR) is 119 cm³/mol. The van der Waals surface area contributed by atoms with E-state index < -0.39 is 36.7 Å². The van der Waals surface area contributed by atoms with E-state index in [1.54, 1.807) is 6.07 Å². The summed E-state index contributed by atoms with van der Waals surface area (Å²) in [7, 11) is 0. The fourth-order valence-electron chi connectivity index (χ4n) is 3.97. The number of nitrogens with two attached hydrogens (primary N) is 1. The van der Waals surface area contributed by atoms with E-state index in [0.717, 1.165) is 18.4 Å². The van der Waals surface area contributed by atoms with Gasteiger partial charge in [0, 0.05) is 17.7 Å². The number of aryl methyl sites for hydroxylation is 1. The van der Waals surface area contributed by atoms with Gasteiger partial charge in [0.2, 0.25) is 6.29 Å². The number of carboxylic acids is 1. The molecular weight excluding hydrogens is 477 g/mol. The lowest BCUT2D eigenvalue weighted by atomic mass is 9.95. The van der Waals surface area contributed by atoms with E-state index in [2.05, 4.69) is 0 Å². The van der Waals surface area contributed by atoms with Gasteiger partial charge in [0.1, 0.15) is 35.9 Å². The van der Waals surface area contributed by atoms with Crippen LogP contribution in [0.4, 0.5) is 0 Å². The van der Waals surface area contributed by atoms with Crippen LogP contribution >= 0.6 is 23.2 Å². The first-order valence-electron chi connectivity index (χ1n) is 10.3. The molecule has 0 spiro atoms. The first-order chi connectivity index (χ1) is 15.7. The second-order valence-corrected chi connectivity index (χ2v) is 8.68. The second kappa shape index (κ2) is 9.63. The van der Waals surface area contributed by atoms with Crippen LogP contribution in [0.2, 0.25) is 10.0 Å². The smallest absolute Gasteiger partial charge is 0.335 e. The van der Waals surface area contributed by atoms with Gasteiger partial charge in [0.15, 0.2) is 6.10 Å². The van der Waals surface area contributed by atoms with Crippen LogP contribution in [-0.2, 0) is 16.0 Å². The molecule has 11 heteroatoms.